The van der Waals surface area contributed by atoms with Crippen LogP contribution in [0.2, 0.25) is 5.15 Å². The van der Waals surface area contributed by atoms with Crippen LogP contribution in [0, 0.1) is 0 Å². The lowest BCUT2D eigenvalue weighted by molar-refractivity contribution is 0.632. The van der Waals surface area contributed by atoms with Gasteiger partial charge in [0.25, 0.3) is 0 Å². The van der Waals surface area contributed by atoms with E-state index in [9.17, 15) is 0 Å². The number of nitrogens with one attached hydrogen (secondary N) is 1. The molecule has 19 heavy (non-hydrogen) atoms. The van der Waals surface area contributed by atoms with Crippen molar-refractivity contribution in [1.29, 1.82) is 0 Å². The summed E-state index contributed by atoms with van der Waals surface area (Å²) in [6.07, 6.45) is 3.47. The number of hydrogen-bond acceptors (Lipinski definition) is 2. The molecule has 1 heterocycles. The van der Waals surface area contributed by atoms with Crippen molar-refractivity contribution < 1.29 is 0 Å². The van der Waals surface area contributed by atoms with E-state index in [0.717, 1.165) is 12.2 Å². The minimum Gasteiger partial charge on any atom is -0.363 e. The molecule has 0 bridgehead atoms. The summed E-state index contributed by atoms with van der Waals surface area (Å²) >= 11 is 5.93. The first-order chi connectivity index (χ1) is 9.29. The van der Waals surface area contributed by atoms with E-state index in [1.54, 1.807) is 6.07 Å². The molecule has 1 N–H and O–H groups in total. The van der Waals surface area contributed by atoms with E-state index in [4.69, 9.17) is 11.6 Å². The summed E-state index contributed by atoms with van der Waals surface area (Å²) in [5.41, 5.74) is 1.29. The summed E-state index contributed by atoms with van der Waals surface area (Å²) in [7, 11) is 0. The van der Waals surface area contributed by atoms with Gasteiger partial charge in [-0.2, -0.15) is 0 Å². The molecule has 1 aromatic heterocycles. The van der Waals surface area contributed by atoms with Crippen molar-refractivity contribution in [2.24, 2.45) is 0 Å². The maximum Gasteiger partial charge on any atom is 0.131 e. The maximum atomic E-state index is 5.93. The van der Waals surface area contributed by atoms with Gasteiger partial charge in [-0.15, -0.1) is 0 Å². The standard InChI is InChI=1S/C16H19ClN2/c1-2-3-10-14(13-8-5-4-6-9-13)18-16-12-7-11-15(17)19-16/h4-9,11-12,14H,2-3,10H2,1H3,(H,18,19). The van der Waals surface area contributed by atoms with Gasteiger partial charge in [-0.25, -0.2) is 4.98 Å². The Balaban J connectivity index is 2.14. The molecule has 0 aliphatic rings. The lowest BCUT2D eigenvalue weighted by Crippen LogP contribution is -2.11. The van der Waals surface area contributed by atoms with Crippen LogP contribution in [0.5, 0.6) is 0 Å². The van der Waals surface area contributed by atoms with Gasteiger partial charge in [-0.1, -0.05) is 67.8 Å². The van der Waals surface area contributed by atoms with Crippen LogP contribution >= 0.6 is 11.6 Å². The third-order valence-electron chi connectivity index (χ3n) is 3.09. The fourth-order valence-corrected chi connectivity index (χ4v) is 2.25. The summed E-state index contributed by atoms with van der Waals surface area (Å²) in [6, 6.07) is 16.4. The third kappa shape index (κ3) is 4.25. The Morgan fingerprint density at radius 2 is 1.89 bits per heavy atom. The Hall–Kier alpha value is -1.54. The number of aromatic nitrogens is 1. The number of halogens is 1. The highest BCUT2D eigenvalue weighted by Gasteiger charge is 2.11. The van der Waals surface area contributed by atoms with Gasteiger partial charge in [0.1, 0.15) is 11.0 Å². The van der Waals surface area contributed by atoms with Gasteiger partial charge in [-0.05, 0) is 24.1 Å². The molecule has 1 atom stereocenters. The Bertz CT molecular complexity index is 499. The minimum absolute atomic E-state index is 0.284. The van der Waals surface area contributed by atoms with Crippen molar-refractivity contribution in [3.05, 3.63) is 59.2 Å². The fourth-order valence-electron chi connectivity index (χ4n) is 2.08. The van der Waals surface area contributed by atoms with Crippen LogP contribution in [0.25, 0.3) is 0 Å². The van der Waals surface area contributed by atoms with Crippen molar-refractivity contribution in [1.82, 2.24) is 4.98 Å². The van der Waals surface area contributed by atoms with E-state index in [1.807, 2.05) is 18.2 Å². The molecule has 0 fully saturated rings. The van der Waals surface area contributed by atoms with Crippen LogP contribution in [0.3, 0.4) is 0 Å². The molecule has 1 aromatic carbocycles. The number of hydrogen-bond donors (Lipinski definition) is 1. The second-order valence-corrected chi connectivity index (χ2v) is 4.98. The maximum absolute atomic E-state index is 5.93. The van der Waals surface area contributed by atoms with E-state index in [2.05, 4.69) is 41.5 Å². The molecule has 1 unspecified atom stereocenters. The summed E-state index contributed by atoms with van der Waals surface area (Å²) in [5, 5.41) is 4.00. The molecule has 2 aromatic rings. The van der Waals surface area contributed by atoms with Gasteiger partial charge in [-0.3, -0.25) is 0 Å². The lowest BCUT2D eigenvalue weighted by atomic mass is 10.0. The van der Waals surface area contributed by atoms with Crippen LogP contribution < -0.4 is 5.32 Å². The molecule has 0 saturated carbocycles. The highest BCUT2D eigenvalue weighted by atomic mass is 35.5. The molecule has 0 aliphatic heterocycles. The first-order valence-electron chi connectivity index (χ1n) is 6.73. The van der Waals surface area contributed by atoms with E-state index in [0.29, 0.717) is 5.15 Å². The third-order valence-corrected chi connectivity index (χ3v) is 3.30. The first-order valence-corrected chi connectivity index (χ1v) is 7.11. The number of nitrogens with zero attached hydrogens (tertiary/aromatic N) is 1. The fraction of sp³-hybridized carbons (Fsp3) is 0.312. The van der Waals surface area contributed by atoms with Crippen molar-refractivity contribution in [2.45, 2.75) is 32.2 Å². The van der Waals surface area contributed by atoms with Gasteiger partial charge in [0, 0.05) is 0 Å². The van der Waals surface area contributed by atoms with Crippen molar-refractivity contribution in [3.63, 3.8) is 0 Å². The lowest BCUT2D eigenvalue weighted by Gasteiger charge is -2.19. The highest BCUT2D eigenvalue weighted by molar-refractivity contribution is 6.29. The summed E-state index contributed by atoms with van der Waals surface area (Å²) in [5.74, 6) is 0.831. The van der Waals surface area contributed by atoms with Gasteiger partial charge < -0.3 is 5.32 Å². The van der Waals surface area contributed by atoms with Gasteiger partial charge >= 0.3 is 0 Å². The highest BCUT2D eigenvalue weighted by Crippen LogP contribution is 2.24. The molecule has 0 radical (unpaired) electrons. The second-order valence-electron chi connectivity index (χ2n) is 4.60. The van der Waals surface area contributed by atoms with Crippen LogP contribution in [-0.4, -0.2) is 4.98 Å². The molecule has 100 valence electrons. The quantitative estimate of drug-likeness (QED) is 0.743. The SMILES string of the molecule is CCCCC(Nc1cccc(Cl)n1)c1ccccc1. The van der Waals surface area contributed by atoms with Gasteiger partial charge in [0.2, 0.25) is 0 Å². The number of unbranched alkanes of at least 4 members (excludes halogenated alkanes) is 1. The Morgan fingerprint density at radius 1 is 1.11 bits per heavy atom. The van der Waals surface area contributed by atoms with E-state index in [-0.39, 0.29) is 6.04 Å². The molecule has 0 amide bonds. The summed E-state index contributed by atoms with van der Waals surface area (Å²) in [4.78, 5) is 4.30. The Kier molecular flexibility index (Phi) is 5.22. The normalized spacial score (nSPS) is 12.1. The van der Waals surface area contributed by atoms with Crippen LogP contribution in [0.15, 0.2) is 48.5 Å². The Morgan fingerprint density at radius 3 is 2.58 bits per heavy atom. The predicted octanol–water partition coefficient (Wildman–Crippen LogP) is 5.08. The van der Waals surface area contributed by atoms with Gasteiger partial charge in [0.15, 0.2) is 0 Å². The first kappa shape index (κ1) is 13.9. The molecule has 0 spiro atoms. The smallest absolute Gasteiger partial charge is 0.131 e. The van der Waals surface area contributed by atoms with Crippen LogP contribution in [0.4, 0.5) is 5.82 Å². The molecule has 0 aliphatic carbocycles. The summed E-state index contributed by atoms with van der Waals surface area (Å²) in [6.45, 7) is 2.21. The number of pyridine rings is 1. The van der Waals surface area contributed by atoms with Crippen molar-refractivity contribution in [2.75, 3.05) is 5.32 Å². The van der Waals surface area contributed by atoms with E-state index >= 15 is 0 Å². The second kappa shape index (κ2) is 7.15. The average molecular weight is 275 g/mol. The number of benzene rings is 1. The van der Waals surface area contributed by atoms with Crippen molar-refractivity contribution >= 4 is 17.4 Å². The number of anilines is 1. The molecular weight excluding hydrogens is 256 g/mol. The molecule has 2 nitrogen and oxygen atoms in total. The van der Waals surface area contributed by atoms with Crippen LogP contribution in [-0.2, 0) is 0 Å². The average Bonchev–Trinajstić information content (AvgIpc) is 2.44. The van der Waals surface area contributed by atoms with Crippen LogP contribution in [0.1, 0.15) is 37.8 Å². The van der Waals surface area contributed by atoms with Crippen molar-refractivity contribution in [3.8, 4) is 0 Å². The zero-order chi connectivity index (χ0) is 13.5. The molecular formula is C16H19ClN2. The van der Waals surface area contributed by atoms with E-state index < -0.39 is 0 Å². The minimum atomic E-state index is 0.284. The largest absolute Gasteiger partial charge is 0.363 e. The zero-order valence-electron chi connectivity index (χ0n) is 11.1. The molecule has 2 rings (SSSR count). The van der Waals surface area contributed by atoms with E-state index in [1.165, 1.54) is 18.4 Å². The zero-order valence-corrected chi connectivity index (χ0v) is 11.9. The topological polar surface area (TPSA) is 24.9 Å². The monoisotopic (exact) mass is 274 g/mol. The Labute approximate surface area is 119 Å². The molecule has 3 heteroatoms. The summed E-state index contributed by atoms with van der Waals surface area (Å²) < 4.78 is 0. The predicted molar refractivity (Wildman–Crippen MR) is 81.6 cm³/mol. The molecule has 0 saturated heterocycles. The van der Waals surface area contributed by atoms with Gasteiger partial charge in [0.05, 0.1) is 6.04 Å². The number of rotatable bonds is 6.